The van der Waals surface area contributed by atoms with Crippen LogP contribution in [0.3, 0.4) is 0 Å². The van der Waals surface area contributed by atoms with Gasteiger partial charge in [-0.25, -0.2) is 4.79 Å². The van der Waals surface area contributed by atoms with Gasteiger partial charge >= 0.3 is 5.97 Å². The van der Waals surface area contributed by atoms with Crippen molar-refractivity contribution in [1.29, 1.82) is 0 Å². The average Bonchev–Trinajstić information content (AvgIpc) is 3.05. The molecule has 4 rings (SSSR count). The second-order valence-corrected chi connectivity index (χ2v) is 8.03. The van der Waals surface area contributed by atoms with Gasteiger partial charge in [-0.2, -0.15) is 0 Å². The largest absolute Gasteiger partial charge is 0.492 e. The Kier molecular flexibility index (Phi) is 4.82. The second kappa shape index (κ2) is 7.10. The number of hydrogen-bond acceptors (Lipinski definition) is 4. The van der Waals surface area contributed by atoms with Gasteiger partial charge in [-0.3, -0.25) is 4.79 Å². The molecule has 1 aromatic rings. The molecule has 3 aliphatic rings. The summed E-state index contributed by atoms with van der Waals surface area (Å²) in [4.78, 5) is 27.6. The standard InChI is InChI=1S/C20H24ClNO4/c1-25-20(24)17-10-12-4-2-3-5-16(12)22(17)19(23)14-8-13-9-15(21)6-7-18(13)26-11-14/h6-7,9,12,14,16-17H,2-5,8,10-11H2,1H3. The van der Waals surface area contributed by atoms with E-state index < -0.39 is 6.04 Å². The summed E-state index contributed by atoms with van der Waals surface area (Å²) in [5.74, 6) is 0.630. The Morgan fingerprint density at radius 1 is 1.27 bits per heavy atom. The maximum atomic E-state index is 13.4. The highest BCUT2D eigenvalue weighted by Crippen LogP contribution is 2.41. The molecule has 4 atom stereocenters. The molecule has 26 heavy (non-hydrogen) atoms. The van der Waals surface area contributed by atoms with Gasteiger partial charge in [0, 0.05) is 11.1 Å². The molecule has 0 radical (unpaired) electrons. The molecule has 2 heterocycles. The van der Waals surface area contributed by atoms with E-state index in [4.69, 9.17) is 21.1 Å². The first-order valence-corrected chi connectivity index (χ1v) is 9.77. The van der Waals surface area contributed by atoms with Crippen molar-refractivity contribution in [2.24, 2.45) is 11.8 Å². The highest BCUT2D eigenvalue weighted by Gasteiger charge is 2.49. The normalized spacial score (nSPS) is 30.2. The van der Waals surface area contributed by atoms with Gasteiger partial charge in [0.25, 0.3) is 0 Å². The summed E-state index contributed by atoms with van der Waals surface area (Å²) in [5.41, 5.74) is 0.955. The fraction of sp³-hybridized carbons (Fsp3) is 0.600. The lowest BCUT2D eigenvalue weighted by atomic mass is 9.84. The first kappa shape index (κ1) is 17.7. The highest BCUT2D eigenvalue weighted by atomic mass is 35.5. The summed E-state index contributed by atoms with van der Waals surface area (Å²) in [6.07, 6.45) is 5.66. The number of fused-ring (bicyclic) bond motifs is 2. The third-order valence-electron chi connectivity index (χ3n) is 6.09. The van der Waals surface area contributed by atoms with Gasteiger partial charge in [-0.15, -0.1) is 0 Å². The first-order chi connectivity index (χ1) is 12.6. The number of methoxy groups -OCH3 is 1. The summed E-state index contributed by atoms with van der Waals surface area (Å²) in [5, 5.41) is 0.640. The minimum atomic E-state index is -0.457. The van der Waals surface area contributed by atoms with Crippen LogP contribution in [0.1, 0.15) is 37.7 Å². The van der Waals surface area contributed by atoms with Crippen LogP contribution >= 0.6 is 11.6 Å². The van der Waals surface area contributed by atoms with Crippen molar-refractivity contribution in [2.45, 2.75) is 50.6 Å². The molecule has 1 aromatic carbocycles. The Labute approximate surface area is 158 Å². The number of nitrogens with zero attached hydrogens (tertiary/aromatic N) is 1. The summed E-state index contributed by atoms with van der Waals surface area (Å²) in [6, 6.07) is 5.20. The van der Waals surface area contributed by atoms with Crippen LogP contribution < -0.4 is 4.74 Å². The molecular weight excluding hydrogens is 354 g/mol. The molecule has 1 saturated heterocycles. The molecule has 1 amide bonds. The maximum Gasteiger partial charge on any atom is 0.328 e. The minimum absolute atomic E-state index is 0.0143. The van der Waals surface area contributed by atoms with Crippen LogP contribution in [0.15, 0.2) is 18.2 Å². The van der Waals surface area contributed by atoms with Crippen LogP contribution in [0.25, 0.3) is 0 Å². The van der Waals surface area contributed by atoms with Crippen LogP contribution in [0.4, 0.5) is 0 Å². The lowest BCUT2D eigenvalue weighted by Crippen LogP contribution is -2.50. The quantitative estimate of drug-likeness (QED) is 0.742. The van der Waals surface area contributed by atoms with Crippen LogP contribution in [-0.4, -0.2) is 42.6 Å². The third-order valence-corrected chi connectivity index (χ3v) is 6.33. The SMILES string of the molecule is COC(=O)C1CC2CCCCC2N1C(=O)C1COc2ccc(Cl)cc2C1. The number of benzene rings is 1. The molecule has 2 fully saturated rings. The molecule has 0 spiro atoms. The van der Waals surface area contributed by atoms with Crippen LogP contribution in [-0.2, 0) is 20.7 Å². The van der Waals surface area contributed by atoms with Crippen molar-refractivity contribution in [1.82, 2.24) is 4.90 Å². The van der Waals surface area contributed by atoms with Gasteiger partial charge in [0.15, 0.2) is 0 Å². The lowest BCUT2D eigenvalue weighted by Gasteiger charge is -2.36. The molecule has 4 unspecified atom stereocenters. The monoisotopic (exact) mass is 377 g/mol. The number of esters is 1. The van der Waals surface area contributed by atoms with E-state index in [0.717, 1.165) is 37.0 Å². The van der Waals surface area contributed by atoms with E-state index >= 15 is 0 Å². The van der Waals surface area contributed by atoms with Crippen LogP contribution in [0.5, 0.6) is 5.75 Å². The number of rotatable bonds is 2. The van der Waals surface area contributed by atoms with Gasteiger partial charge in [-0.05, 0) is 55.4 Å². The van der Waals surface area contributed by atoms with Gasteiger partial charge in [0.1, 0.15) is 18.4 Å². The smallest absolute Gasteiger partial charge is 0.328 e. The number of amides is 1. The Hall–Kier alpha value is -1.75. The highest BCUT2D eigenvalue weighted by molar-refractivity contribution is 6.30. The molecule has 1 saturated carbocycles. The van der Waals surface area contributed by atoms with Crippen molar-refractivity contribution in [3.8, 4) is 5.75 Å². The van der Waals surface area contributed by atoms with Crippen molar-refractivity contribution < 1.29 is 19.1 Å². The number of halogens is 1. The lowest BCUT2D eigenvalue weighted by molar-refractivity contribution is -0.154. The number of hydrogen-bond donors (Lipinski definition) is 0. The van der Waals surface area contributed by atoms with Gasteiger partial charge in [0.2, 0.25) is 5.91 Å². The number of carbonyl (C=O) groups excluding carboxylic acids is 2. The Morgan fingerprint density at radius 3 is 2.88 bits per heavy atom. The van der Waals surface area contributed by atoms with Crippen LogP contribution in [0.2, 0.25) is 5.02 Å². The van der Waals surface area contributed by atoms with E-state index in [1.807, 2.05) is 17.0 Å². The predicted molar refractivity (Wildman–Crippen MR) is 97.2 cm³/mol. The van der Waals surface area contributed by atoms with Crippen molar-refractivity contribution >= 4 is 23.5 Å². The molecule has 0 aromatic heterocycles. The van der Waals surface area contributed by atoms with Crippen molar-refractivity contribution in [3.05, 3.63) is 28.8 Å². The van der Waals surface area contributed by atoms with Gasteiger partial charge in [-0.1, -0.05) is 24.4 Å². The van der Waals surface area contributed by atoms with Crippen molar-refractivity contribution in [2.75, 3.05) is 13.7 Å². The molecular formula is C20H24ClNO4. The van der Waals surface area contributed by atoms with E-state index in [1.165, 1.54) is 13.5 Å². The topological polar surface area (TPSA) is 55.8 Å². The molecule has 6 heteroatoms. The fourth-order valence-corrected chi connectivity index (χ4v) is 5.05. The minimum Gasteiger partial charge on any atom is -0.492 e. The third kappa shape index (κ3) is 3.07. The Balaban J connectivity index is 1.58. The first-order valence-electron chi connectivity index (χ1n) is 9.39. The van der Waals surface area contributed by atoms with Crippen molar-refractivity contribution in [3.63, 3.8) is 0 Å². The Bertz CT molecular complexity index is 722. The fourth-order valence-electron chi connectivity index (χ4n) is 4.86. The molecule has 2 aliphatic heterocycles. The van der Waals surface area contributed by atoms with E-state index in [1.54, 1.807) is 6.07 Å². The second-order valence-electron chi connectivity index (χ2n) is 7.60. The van der Waals surface area contributed by atoms with E-state index in [2.05, 4.69) is 0 Å². The summed E-state index contributed by atoms with van der Waals surface area (Å²) in [6.45, 7) is 0.343. The van der Waals surface area contributed by atoms with Gasteiger partial charge in [0.05, 0.1) is 13.0 Å². The number of ether oxygens (including phenoxy) is 2. The van der Waals surface area contributed by atoms with E-state index in [0.29, 0.717) is 24.0 Å². The summed E-state index contributed by atoms with van der Waals surface area (Å²) >= 11 is 6.09. The average molecular weight is 378 g/mol. The zero-order valence-electron chi connectivity index (χ0n) is 14.9. The molecule has 5 nitrogen and oxygen atoms in total. The van der Waals surface area contributed by atoms with Crippen LogP contribution in [0, 0.1) is 11.8 Å². The summed E-state index contributed by atoms with van der Waals surface area (Å²) < 4.78 is 10.8. The molecule has 0 bridgehead atoms. The zero-order chi connectivity index (χ0) is 18.3. The molecule has 140 valence electrons. The number of likely N-dealkylation sites (tertiary alicyclic amines) is 1. The Morgan fingerprint density at radius 2 is 2.08 bits per heavy atom. The predicted octanol–water partition coefficient (Wildman–Crippen LogP) is 3.22. The van der Waals surface area contributed by atoms with E-state index in [-0.39, 0.29) is 23.8 Å². The molecule has 0 N–H and O–H groups in total. The zero-order valence-corrected chi connectivity index (χ0v) is 15.7. The van der Waals surface area contributed by atoms with E-state index in [9.17, 15) is 9.59 Å². The summed E-state index contributed by atoms with van der Waals surface area (Å²) in [7, 11) is 1.40. The molecule has 1 aliphatic carbocycles. The van der Waals surface area contributed by atoms with Gasteiger partial charge < -0.3 is 14.4 Å². The maximum absolute atomic E-state index is 13.4. The number of carbonyl (C=O) groups is 2.